The van der Waals surface area contributed by atoms with Crippen LogP contribution in [0.15, 0.2) is 24.8 Å². The maximum atomic E-state index is 12.9. The van der Waals surface area contributed by atoms with Gasteiger partial charge in [0.1, 0.15) is 0 Å². The molecular weight excluding hydrogens is 187 g/mol. The highest BCUT2D eigenvalue weighted by Crippen LogP contribution is 2.21. The molecule has 0 unspecified atom stereocenters. The number of hydrogen-bond donors (Lipinski definition) is 1. The minimum absolute atomic E-state index is 0.0476. The van der Waals surface area contributed by atoms with Crippen LogP contribution in [0.2, 0.25) is 0 Å². The van der Waals surface area contributed by atoms with E-state index in [1.54, 1.807) is 0 Å². The van der Waals surface area contributed by atoms with Crippen LogP contribution in [-0.4, -0.2) is 18.2 Å². The van der Waals surface area contributed by atoms with Crippen LogP contribution < -0.4 is 0 Å². The van der Waals surface area contributed by atoms with Crippen LogP contribution in [0.5, 0.6) is 5.75 Å². The monoisotopic (exact) mass is 196 g/mol. The third kappa shape index (κ3) is 1.90. The number of benzene rings is 1. The minimum Gasteiger partial charge on any atom is -0.505 e. The Bertz CT molecular complexity index is 385. The minimum atomic E-state index is -0.799. The van der Waals surface area contributed by atoms with E-state index in [9.17, 15) is 9.18 Å². The Balaban J connectivity index is 3.03. The highest BCUT2D eigenvalue weighted by molar-refractivity contribution is 6.15. The predicted octanol–water partition coefficient (Wildman–Crippen LogP) is 1.72. The van der Waals surface area contributed by atoms with E-state index in [2.05, 4.69) is 11.3 Å². The zero-order valence-corrected chi connectivity index (χ0v) is 7.58. The summed E-state index contributed by atoms with van der Waals surface area (Å²) in [6.07, 6.45) is 0. The molecule has 0 bridgehead atoms. The molecular formula is C10H9FO3. The summed E-state index contributed by atoms with van der Waals surface area (Å²) in [5.74, 6) is -1.89. The van der Waals surface area contributed by atoms with Crippen LogP contribution in [-0.2, 0) is 9.53 Å². The fourth-order valence-electron chi connectivity index (χ4n) is 0.936. The maximum Gasteiger partial charge on any atom is 0.337 e. The number of esters is 1. The van der Waals surface area contributed by atoms with Crippen LogP contribution in [0.1, 0.15) is 5.56 Å². The fraction of sp³-hybridized carbons (Fsp3) is 0.100. The smallest absolute Gasteiger partial charge is 0.337 e. The molecule has 0 aliphatic rings. The van der Waals surface area contributed by atoms with Crippen molar-refractivity contribution in [1.82, 2.24) is 0 Å². The average molecular weight is 196 g/mol. The molecule has 0 atom stereocenters. The Morgan fingerprint density at radius 3 is 2.71 bits per heavy atom. The number of rotatable bonds is 2. The summed E-state index contributed by atoms with van der Waals surface area (Å²) in [4.78, 5) is 11.0. The van der Waals surface area contributed by atoms with Crippen molar-refractivity contribution in [2.75, 3.05) is 7.11 Å². The zero-order valence-electron chi connectivity index (χ0n) is 7.58. The highest BCUT2D eigenvalue weighted by Gasteiger charge is 2.11. The number of aromatic hydroxyl groups is 1. The molecule has 3 nitrogen and oxygen atoms in total. The van der Waals surface area contributed by atoms with Crippen LogP contribution in [0, 0.1) is 5.82 Å². The molecule has 4 heteroatoms. The van der Waals surface area contributed by atoms with Gasteiger partial charge in [-0.3, -0.25) is 0 Å². The Morgan fingerprint density at radius 2 is 2.21 bits per heavy atom. The Labute approximate surface area is 80.4 Å². The lowest BCUT2D eigenvalue weighted by Crippen LogP contribution is -2.02. The first kappa shape index (κ1) is 10.2. The van der Waals surface area contributed by atoms with Crippen molar-refractivity contribution >= 4 is 11.5 Å². The number of methoxy groups -OCH3 is 1. The second kappa shape index (κ2) is 3.91. The van der Waals surface area contributed by atoms with Gasteiger partial charge in [0.25, 0.3) is 0 Å². The molecule has 0 heterocycles. The number of phenols is 1. The lowest BCUT2D eigenvalue weighted by molar-refractivity contribution is -0.133. The molecule has 74 valence electrons. The van der Waals surface area contributed by atoms with E-state index in [1.165, 1.54) is 13.2 Å². The molecule has 0 amide bonds. The molecule has 0 aromatic heterocycles. The zero-order chi connectivity index (χ0) is 10.7. The number of hydrogen-bond acceptors (Lipinski definition) is 3. The molecule has 1 aromatic rings. The molecule has 1 N–H and O–H groups in total. The molecule has 14 heavy (non-hydrogen) atoms. The second-order valence-electron chi connectivity index (χ2n) is 2.64. The quantitative estimate of drug-likeness (QED) is 0.578. The number of ether oxygens (including phenoxy) is 1. The molecule has 0 spiro atoms. The van der Waals surface area contributed by atoms with Crippen molar-refractivity contribution in [2.45, 2.75) is 0 Å². The topological polar surface area (TPSA) is 46.5 Å². The standard InChI is InChI=1S/C10H9FO3/c1-6(10(13)14-2)7-3-4-9(12)8(11)5-7/h3-5,12H,1H2,2H3. The van der Waals surface area contributed by atoms with Gasteiger partial charge in [0.05, 0.1) is 12.7 Å². The van der Waals surface area contributed by atoms with Crippen LogP contribution in [0.3, 0.4) is 0 Å². The van der Waals surface area contributed by atoms with Crippen molar-refractivity contribution in [3.05, 3.63) is 36.2 Å². The Morgan fingerprint density at radius 1 is 1.57 bits per heavy atom. The van der Waals surface area contributed by atoms with Crippen molar-refractivity contribution < 1.29 is 19.0 Å². The first-order valence-electron chi connectivity index (χ1n) is 3.82. The van der Waals surface area contributed by atoms with Gasteiger partial charge in [0, 0.05) is 0 Å². The van der Waals surface area contributed by atoms with Gasteiger partial charge in [-0.1, -0.05) is 12.6 Å². The van der Waals surface area contributed by atoms with Gasteiger partial charge < -0.3 is 9.84 Å². The van der Waals surface area contributed by atoms with Crippen molar-refractivity contribution in [2.24, 2.45) is 0 Å². The van der Waals surface area contributed by atoms with E-state index in [0.29, 0.717) is 0 Å². The summed E-state index contributed by atoms with van der Waals surface area (Å²) in [6.45, 7) is 3.44. The van der Waals surface area contributed by atoms with Gasteiger partial charge >= 0.3 is 5.97 Å². The maximum absolute atomic E-state index is 12.9. The van der Waals surface area contributed by atoms with Gasteiger partial charge in [-0.15, -0.1) is 0 Å². The second-order valence-corrected chi connectivity index (χ2v) is 2.64. The first-order valence-corrected chi connectivity index (χ1v) is 3.82. The number of carbonyl (C=O) groups is 1. The van der Waals surface area contributed by atoms with Gasteiger partial charge in [-0.05, 0) is 17.7 Å². The van der Waals surface area contributed by atoms with E-state index >= 15 is 0 Å². The van der Waals surface area contributed by atoms with Crippen LogP contribution in [0.4, 0.5) is 4.39 Å². The Hall–Kier alpha value is -1.84. The molecule has 0 saturated heterocycles. The predicted molar refractivity (Wildman–Crippen MR) is 49.1 cm³/mol. The summed E-state index contributed by atoms with van der Waals surface area (Å²) >= 11 is 0. The van der Waals surface area contributed by atoms with E-state index in [4.69, 9.17) is 5.11 Å². The average Bonchev–Trinajstić information content (AvgIpc) is 2.20. The van der Waals surface area contributed by atoms with Crippen molar-refractivity contribution in [3.63, 3.8) is 0 Å². The molecule has 1 rings (SSSR count). The molecule has 0 aliphatic carbocycles. The lowest BCUT2D eigenvalue weighted by atomic mass is 10.1. The van der Waals surface area contributed by atoms with E-state index in [-0.39, 0.29) is 11.1 Å². The molecule has 1 aromatic carbocycles. The number of halogens is 1. The third-order valence-corrected chi connectivity index (χ3v) is 1.73. The summed E-state index contributed by atoms with van der Waals surface area (Å²) < 4.78 is 17.3. The largest absolute Gasteiger partial charge is 0.505 e. The molecule has 0 saturated carbocycles. The van der Waals surface area contributed by atoms with Crippen molar-refractivity contribution in [1.29, 1.82) is 0 Å². The summed E-state index contributed by atoms with van der Waals surface area (Å²) in [5.41, 5.74) is 0.332. The first-order chi connectivity index (χ1) is 6.56. The Kier molecular flexibility index (Phi) is 2.86. The van der Waals surface area contributed by atoms with E-state index < -0.39 is 17.5 Å². The lowest BCUT2D eigenvalue weighted by Gasteiger charge is -2.04. The van der Waals surface area contributed by atoms with Gasteiger partial charge in [-0.25, -0.2) is 9.18 Å². The molecule has 0 aliphatic heterocycles. The normalized spacial score (nSPS) is 9.57. The highest BCUT2D eigenvalue weighted by atomic mass is 19.1. The van der Waals surface area contributed by atoms with Gasteiger partial charge in [-0.2, -0.15) is 0 Å². The van der Waals surface area contributed by atoms with Crippen LogP contribution in [0.25, 0.3) is 5.57 Å². The van der Waals surface area contributed by atoms with Crippen molar-refractivity contribution in [3.8, 4) is 5.75 Å². The van der Waals surface area contributed by atoms with Gasteiger partial charge in [0.15, 0.2) is 11.6 Å². The molecule has 0 fully saturated rings. The fourth-order valence-corrected chi connectivity index (χ4v) is 0.936. The van der Waals surface area contributed by atoms with E-state index in [1.807, 2.05) is 0 Å². The molecule has 0 radical (unpaired) electrons. The summed E-state index contributed by atoms with van der Waals surface area (Å²) in [5, 5.41) is 8.90. The number of phenolic OH excluding ortho intramolecular Hbond substituents is 1. The number of carbonyl (C=O) groups excluding carboxylic acids is 1. The van der Waals surface area contributed by atoms with E-state index in [0.717, 1.165) is 12.1 Å². The third-order valence-electron chi connectivity index (χ3n) is 1.73. The van der Waals surface area contributed by atoms with Crippen LogP contribution >= 0.6 is 0 Å². The van der Waals surface area contributed by atoms with Gasteiger partial charge in [0.2, 0.25) is 0 Å². The summed E-state index contributed by atoms with van der Waals surface area (Å²) in [6, 6.07) is 3.56. The SMILES string of the molecule is C=C(C(=O)OC)c1ccc(O)c(F)c1. The summed E-state index contributed by atoms with van der Waals surface area (Å²) in [7, 11) is 1.21.